The van der Waals surface area contributed by atoms with Crippen LogP contribution in [0.5, 0.6) is 0 Å². The molecule has 10 heteroatoms. The molecule has 0 aliphatic heterocycles. The Morgan fingerprint density at radius 1 is 0.706 bits per heavy atom. The Kier molecular flexibility index (Phi) is 7.01. The zero-order chi connectivity index (χ0) is 24.0. The summed E-state index contributed by atoms with van der Waals surface area (Å²) in [5.41, 5.74) is 0.347. The summed E-state index contributed by atoms with van der Waals surface area (Å²) in [7, 11) is 2.78. The van der Waals surface area contributed by atoms with Gasteiger partial charge in [-0.05, 0) is 46.6 Å². The molecule has 0 aliphatic rings. The van der Waals surface area contributed by atoms with Crippen molar-refractivity contribution in [2.75, 3.05) is 0 Å². The number of hydrogen-bond donors (Lipinski definition) is 0. The first-order valence-electron chi connectivity index (χ1n) is 10.5. The van der Waals surface area contributed by atoms with Crippen LogP contribution in [0.25, 0.3) is 0 Å². The largest absolute Gasteiger partial charge is 0.238 e. The molecule has 0 radical (unpaired) electrons. The molecule has 34 heavy (non-hydrogen) atoms. The van der Waals surface area contributed by atoms with Gasteiger partial charge in [-0.25, -0.2) is 19.3 Å². The van der Waals surface area contributed by atoms with Crippen molar-refractivity contribution in [1.29, 1.82) is 10.5 Å². The Labute approximate surface area is 206 Å². The van der Waals surface area contributed by atoms with E-state index < -0.39 is 10.8 Å². The molecule has 4 aromatic rings. The number of nitrogens with zero attached hydrogens (tertiary/aromatic N) is 8. The summed E-state index contributed by atoms with van der Waals surface area (Å²) in [4.78, 5) is 8.74. The minimum Gasteiger partial charge on any atom is -0.238 e. The van der Waals surface area contributed by atoms with Gasteiger partial charge in [0.15, 0.2) is 10.3 Å². The number of nitriles is 2. The lowest BCUT2D eigenvalue weighted by Crippen LogP contribution is -2.27. The third kappa shape index (κ3) is 4.98. The summed E-state index contributed by atoms with van der Waals surface area (Å²) in [5, 5.41) is 29.8. The lowest BCUT2D eigenvalue weighted by Gasteiger charge is -2.23. The van der Waals surface area contributed by atoms with E-state index in [9.17, 15) is 10.5 Å². The third-order valence-electron chi connectivity index (χ3n) is 5.60. The molecule has 4 rings (SSSR count). The van der Waals surface area contributed by atoms with Crippen LogP contribution < -0.4 is 0 Å². The van der Waals surface area contributed by atoms with Crippen molar-refractivity contribution in [1.82, 2.24) is 29.5 Å². The summed E-state index contributed by atoms with van der Waals surface area (Å²) >= 11 is 0. The normalized spacial score (nSPS) is 14.5. The molecule has 2 aromatic carbocycles. The van der Waals surface area contributed by atoms with E-state index in [4.69, 9.17) is 0 Å². The number of benzene rings is 2. The summed E-state index contributed by atoms with van der Waals surface area (Å²) in [6, 6.07) is 24.2. The maximum Gasteiger partial charge on any atom is 0.197 e. The van der Waals surface area contributed by atoms with Gasteiger partial charge in [0.2, 0.25) is 0 Å². The number of hydrogen-bond acceptors (Lipinski definition) is 8. The molecule has 0 spiro atoms. The van der Waals surface area contributed by atoms with Crippen LogP contribution in [0.15, 0.2) is 83.6 Å². The summed E-state index contributed by atoms with van der Waals surface area (Å²) in [6.07, 6.45) is 2.97. The van der Waals surface area contributed by atoms with Crippen LogP contribution in [0, 0.1) is 22.7 Å². The molecule has 0 aliphatic carbocycles. The van der Waals surface area contributed by atoms with Gasteiger partial charge in [-0.3, -0.25) is 0 Å². The van der Waals surface area contributed by atoms with E-state index >= 15 is 0 Å². The zero-order valence-electron chi connectivity index (χ0n) is 18.7. The second-order valence-electron chi connectivity index (χ2n) is 8.19. The summed E-state index contributed by atoms with van der Waals surface area (Å²) < 4.78 is 3.47. The third-order valence-corrected chi connectivity index (χ3v) is 7.76. The topological polar surface area (TPSA) is 109 Å². The molecule has 0 saturated heterocycles. The summed E-state index contributed by atoms with van der Waals surface area (Å²) in [6.45, 7) is 4.52. The van der Waals surface area contributed by atoms with Crippen LogP contribution in [-0.2, 0) is 23.9 Å². The van der Waals surface area contributed by atoms with E-state index in [-0.39, 0.29) is 0 Å². The van der Waals surface area contributed by atoms with Crippen LogP contribution >= 0.6 is 21.6 Å². The summed E-state index contributed by atoms with van der Waals surface area (Å²) in [5.74, 6) is 0. The van der Waals surface area contributed by atoms with E-state index in [2.05, 4.69) is 32.3 Å². The minimum absolute atomic E-state index is 0.365. The predicted octanol–water partition coefficient (Wildman–Crippen LogP) is 4.63. The Balaban J connectivity index is 1.49. The number of aromatic nitrogens is 6. The highest BCUT2D eigenvalue weighted by Crippen LogP contribution is 2.37. The first-order chi connectivity index (χ1) is 16.5. The van der Waals surface area contributed by atoms with Gasteiger partial charge < -0.3 is 0 Å². The van der Waals surface area contributed by atoms with E-state index in [1.807, 2.05) is 74.5 Å². The monoisotopic (exact) mass is 486 g/mol. The fourth-order valence-corrected chi connectivity index (χ4v) is 5.47. The molecule has 0 saturated carbocycles. The van der Waals surface area contributed by atoms with Gasteiger partial charge in [0.05, 0.1) is 36.1 Å². The fourth-order valence-electron chi connectivity index (χ4n) is 3.52. The van der Waals surface area contributed by atoms with E-state index in [0.717, 1.165) is 11.1 Å². The van der Waals surface area contributed by atoms with Crippen LogP contribution in [-0.4, -0.2) is 29.5 Å². The average molecular weight is 487 g/mol. The van der Waals surface area contributed by atoms with Gasteiger partial charge in [-0.2, -0.15) is 20.7 Å². The maximum atomic E-state index is 9.90. The first-order valence-corrected chi connectivity index (χ1v) is 12.7. The first kappa shape index (κ1) is 23.6. The molecular formula is C24H22N8S2. The van der Waals surface area contributed by atoms with Crippen molar-refractivity contribution < 1.29 is 0 Å². The minimum atomic E-state index is -0.751. The van der Waals surface area contributed by atoms with Crippen molar-refractivity contribution in [3.05, 3.63) is 84.4 Å². The van der Waals surface area contributed by atoms with Crippen molar-refractivity contribution in [3.63, 3.8) is 0 Å². The van der Waals surface area contributed by atoms with Gasteiger partial charge in [0.1, 0.15) is 12.7 Å². The van der Waals surface area contributed by atoms with Crippen molar-refractivity contribution in [3.8, 4) is 12.1 Å². The van der Waals surface area contributed by atoms with Crippen LogP contribution in [0.3, 0.4) is 0 Å². The van der Waals surface area contributed by atoms with Gasteiger partial charge in [-0.15, -0.1) is 0 Å². The molecule has 0 amide bonds. The Morgan fingerprint density at radius 2 is 1.09 bits per heavy atom. The quantitative estimate of drug-likeness (QED) is 0.315. The van der Waals surface area contributed by atoms with Gasteiger partial charge >= 0.3 is 0 Å². The van der Waals surface area contributed by atoms with E-state index in [1.54, 1.807) is 9.36 Å². The van der Waals surface area contributed by atoms with Gasteiger partial charge in [0.25, 0.3) is 0 Å². The molecule has 2 atom stereocenters. The lowest BCUT2D eigenvalue weighted by molar-refractivity contribution is 0.433. The Morgan fingerprint density at radius 3 is 1.44 bits per heavy atom. The predicted molar refractivity (Wildman–Crippen MR) is 131 cm³/mol. The van der Waals surface area contributed by atoms with Crippen molar-refractivity contribution in [2.45, 2.75) is 48.1 Å². The van der Waals surface area contributed by atoms with Gasteiger partial charge in [-0.1, -0.05) is 60.7 Å². The molecule has 8 nitrogen and oxygen atoms in total. The standard InChI is InChI=1S/C24H22N8S2/c1-23(13-25,19-9-5-3-6-10-19)15-31-21(27-17-29-31)33-34-22-28-18-30-32(22)16-24(2,14-26)20-11-7-4-8-12-20/h3-12,17-18H,15-16H2,1-2H3. The fraction of sp³-hybridized carbons (Fsp3) is 0.250. The smallest absolute Gasteiger partial charge is 0.197 e. The molecule has 0 bridgehead atoms. The van der Waals surface area contributed by atoms with Crippen molar-refractivity contribution in [2.24, 2.45) is 0 Å². The molecule has 2 heterocycles. The molecule has 2 aromatic heterocycles. The molecule has 0 N–H and O–H groups in total. The molecule has 170 valence electrons. The highest BCUT2D eigenvalue weighted by molar-refractivity contribution is 8.76. The molecular weight excluding hydrogens is 464 g/mol. The van der Waals surface area contributed by atoms with E-state index in [1.165, 1.54) is 34.2 Å². The van der Waals surface area contributed by atoms with Crippen molar-refractivity contribution >= 4 is 21.6 Å². The van der Waals surface area contributed by atoms with Gasteiger partial charge in [0, 0.05) is 0 Å². The Hall–Kier alpha value is -3.60. The molecule has 2 unspecified atom stereocenters. The SMILES string of the molecule is CC(C#N)(Cn1ncnc1SSc1ncnn1CC(C)(C#N)c1ccccc1)c1ccccc1. The van der Waals surface area contributed by atoms with Crippen LogP contribution in [0.2, 0.25) is 0 Å². The van der Waals surface area contributed by atoms with E-state index in [0.29, 0.717) is 23.4 Å². The second kappa shape index (κ2) is 10.1. The zero-order valence-corrected chi connectivity index (χ0v) is 20.4. The highest BCUT2D eigenvalue weighted by atomic mass is 33.1. The Bertz CT molecular complexity index is 1220. The second-order valence-corrected chi connectivity index (χ2v) is 10.3. The van der Waals surface area contributed by atoms with Crippen LogP contribution in [0.4, 0.5) is 0 Å². The maximum absolute atomic E-state index is 9.90. The van der Waals surface area contributed by atoms with Crippen LogP contribution in [0.1, 0.15) is 25.0 Å². The number of rotatable bonds is 9. The average Bonchev–Trinajstić information content (AvgIpc) is 3.52. The highest BCUT2D eigenvalue weighted by Gasteiger charge is 2.30. The lowest BCUT2D eigenvalue weighted by atomic mass is 9.84. The molecule has 0 fully saturated rings.